The van der Waals surface area contributed by atoms with Gasteiger partial charge in [0.15, 0.2) is 5.52 Å². The Morgan fingerprint density at radius 1 is 1.00 bits per heavy atom. The van der Waals surface area contributed by atoms with Gasteiger partial charge in [-0.1, -0.05) is 50.1 Å². The fourth-order valence-corrected chi connectivity index (χ4v) is 3.66. The molecule has 0 radical (unpaired) electrons. The summed E-state index contributed by atoms with van der Waals surface area (Å²) in [5.74, 6) is 0.883. The van der Waals surface area contributed by atoms with E-state index in [1.165, 1.54) is 12.8 Å². The Balaban J connectivity index is 0.00000288. The van der Waals surface area contributed by atoms with Gasteiger partial charge in [0, 0.05) is 5.56 Å². The van der Waals surface area contributed by atoms with E-state index in [0.717, 1.165) is 40.8 Å². The molecule has 0 amide bonds. The Hall–Kier alpha value is -1.06. The van der Waals surface area contributed by atoms with Crippen LogP contribution >= 0.6 is 8.58 Å². The van der Waals surface area contributed by atoms with Crippen LogP contribution in [0.1, 0.15) is 47.7 Å². The molecule has 0 aliphatic heterocycles. The predicted octanol–water partition coefficient (Wildman–Crippen LogP) is 2.02. The van der Waals surface area contributed by atoms with E-state index in [2.05, 4.69) is 6.92 Å². The second-order valence-electron chi connectivity index (χ2n) is 5.80. The first-order chi connectivity index (χ1) is 11.1. The Bertz CT molecular complexity index is 633. The van der Waals surface area contributed by atoms with Crippen molar-refractivity contribution in [1.29, 1.82) is 0 Å². The second kappa shape index (κ2) is 10.7. The quantitative estimate of drug-likeness (QED) is 0.419. The number of hydrogen-bond donors (Lipinski definition) is 0. The van der Waals surface area contributed by atoms with E-state index in [0.29, 0.717) is 0 Å². The molecular formula is C20H25LiO2P+. The molecule has 2 rings (SSSR count). The number of unbranched alkanes of at least 4 members (excludes halogenated alkanes) is 2. The summed E-state index contributed by atoms with van der Waals surface area (Å²) in [4.78, 5) is 12.6. The minimum atomic E-state index is 0. The van der Waals surface area contributed by atoms with Crippen molar-refractivity contribution in [1.82, 2.24) is 0 Å². The molecule has 2 nitrogen and oxygen atoms in total. The number of aryl methyl sites for hydroxylation is 2. The van der Waals surface area contributed by atoms with Gasteiger partial charge in [-0.25, -0.2) is 0 Å². The molecular weight excluding hydrogens is 310 g/mol. The monoisotopic (exact) mass is 335 g/mol. The van der Waals surface area contributed by atoms with Crippen molar-refractivity contribution in [2.45, 2.75) is 40.0 Å². The van der Waals surface area contributed by atoms with Crippen molar-refractivity contribution in [2.75, 3.05) is 6.61 Å². The zero-order chi connectivity index (χ0) is 16.7. The van der Waals surface area contributed by atoms with Gasteiger partial charge in [0.1, 0.15) is 5.75 Å². The average molecular weight is 335 g/mol. The van der Waals surface area contributed by atoms with E-state index in [1.54, 1.807) is 0 Å². The predicted molar refractivity (Wildman–Crippen MR) is 99.7 cm³/mol. The molecule has 2 aromatic rings. The van der Waals surface area contributed by atoms with E-state index in [-0.39, 0.29) is 33.0 Å². The van der Waals surface area contributed by atoms with E-state index in [9.17, 15) is 4.79 Å². The van der Waals surface area contributed by atoms with Crippen LogP contribution in [-0.2, 0) is 0 Å². The zero-order valence-electron chi connectivity index (χ0n) is 15.2. The molecule has 0 spiro atoms. The first kappa shape index (κ1) is 21.0. The number of carbonyl (C=O) groups is 1. The van der Waals surface area contributed by atoms with Crippen molar-refractivity contribution in [3.8, 4) is 5.75 Å². The molecule has 4 heteroatoms. The van der Waals surface area contributed by atoms with Gasteiger partial charge in [-0.15, -0.1) is 0 Å². The Morgan fingerprint density at radius 3 is 2.21 bits per heavy atom. The molecule has 0 aliphatic carbocycles. The molecule has 0 aliphatic rings. The van der Waals surface area contributed by atoms with Crippen molar-refractivity contribution in [2.24, 2.45) is 0 Å². The fourth-order valence-electron chi connectivity index (χ4n) is 2.54. The maximum atomic E-state index is 12.6. The number of rotatable bonds is 8. The molecule has 0 saturated carbocycles. The zero-order valence-corrected chi connectivity index (χ0v) is 16.2. The van der Waals surface area contributed by atoms with Gasteiger partial charge in [0.05, 0.1) is 6.61 Å². The number of ether oxygens (including phenoxy) is 1. The second-order valence-corrected chi connectivity index (χ2v) is 7.08. The summed E-state index contributed by atoms with van der Waals surface area (Å²) in [7, 11) is 0.153. The van der Waals surface area contributed by atoms with E-state index in [1.807, 2.05) is 56.3 Å². The van der Waals surface area contributed by atoms with Crippen LogP contribution in [0, 0.1) is 13.8 Å². The maximum Gasteiger partial charge on any atom is 1.00 e. The van der Waals surface area contributed by atoms with Crippen LogP contribution in [-0.4, -0.2) is 12.1 Å². The molecule has 1 unspecified atom stereocenters. The first-order valence-corrected chi connectivity index (χ1v) is 9.22. The topological polar surface area (TPSA) is 26.3 Å². The normalized spacial score (nSPS) is 10.6. The summed E-state index contributed by atoms with van der Waals surface area (Å²) in [5, 5.41) is 1.05. The van der Waals surface area contributed by atoms with Crippen molar-refractivity contribution in [3.63, 3.8) is 0 Å². The van der Waals surface area contributed by atoms with Crippen LogP contribution in [0.25, 0.3) is 0 Å². The van der Waals surface area contributed by atoms with Crippen molar-refractivity contribution >= 4 is 19.4 Å². The maximum absolute atomic E-state index is 12.6. The third-order valence-corrected chi connectivity index (χ3v) is 4.94. The van der Waals surface area contributed by atoms with E-state index < -0.39 is 0 Å². The fraction of sp³-hybridized carbons (Fsp3) is 0.350. The van der Waals surface area contributed by atoms with Gasteiger partial charge in [-0.05, 0) is 57.4 Å². The number of benzene rings is 2. The summed E-state index contributed by atoms with van der Waals surface area (Å²) in [5.41, 5.74) is 3.18. The van der Waals surface area contributed by atoms with Crippen molar-refractivity contribution < 1.29 is 28.4 Å². The summed E-state index contributed by atoms with van der Waals surface area (Å²) in [6.45, 7) is 6.94. The molecule has 0 N–H and O–H groups in total. The van der Waals surface area contributed by atoms with Gasteiger partial charge < -0.3 is 4.74 Å². The van der Waals surface area contributed by atoms with Gasteiger partial charge in [0.25, 0.3) is 0 Å². The Morgan fingerprint density at radius 2 is 1.62 bits per heavy atom. The van der Waals surface area contributed by atoms with Crippen LogP contribution in [0.2, 0.25) is 0 Å². The third-order valence-electron chi connectivity index (χ3n) is 3.84. The van der Waals surface area contributed by atoms with Crippen LogP contribution in [0.5, 0.6) is 5.75 Å². The molecule has 0 fully saturated rings. The Labute approximate surface area is 159 Å². The third kappa shape index (κ3) is 6.10. The standard InChI is InChI=1S/C20H25O2P.Li/c1-4-5-6-14-22-17-10-12-18(13-11-17)23-20(21)19-15(2)8-7-9-16(19)3;/h7-13,23H,4-6,14H2,1-3H3;/q;+1. The Kier molecular flexibility index (Phi) is 9.38. The van der Waals surface area contributed by atoms with Gasteiger partial charge in [-0.3, -0.25) is 4.79 Å². The first-order valence-electron chi connectivity index (χ1n) is 8.22. The SMILES string of the molecule is CCCCCOc1ccc(PC(=O)c2c(C)cccc2C)cc1.[Li+]. The summed E-state index contributed by atoms with van der Waals surface area (Å²) in [6, 6.07) is 13.9. The molecule has 0 aromatic heterocycles. The smallest absolute Gasteiger partial charge is 0.494 e. The van der Waals surface area contributed by atoms with Gasteiger partial charge in [-0.2, -0.15) is 0 Å². The van der Waals surface area contributed by atoms with E-state index >= 15 is 0 Å². The minimum absolute atomic E-state index is 0. The summed E-state index contributed by atoms with van der Waals surface area (Å²) >= 11 is 0. The van der Waals surface area contributed by atoms with Crippen LogP contribution in [0.4, 0.5) is 0 Å². The minimum Gasteiger partial charge on any atom is -0.494 e. The molecule has 2 aromatic carbocycles. The molecule has 122 valence electrons. The molecule has 24 heavy (non-hydrogen) atoms. The van der Waals surface area contributed by atoms with Crippen molar-refractivity contribution in [3.05, 3.63) is 59.2 Å². The summed E-state index contributed by atoms with van der Waals surface area (Å²) in [6.07, 6.45) is 3.48. The van der Waals surface area contributed by atoms with Crippen LogP contribution in [0.3, 0.4) is 0 Å². The molecule has 1 atom stereocenters. The number of carbonyl (C=O) groups excluding carboxylic acids is 1. The average Bonchev–Trinajstić information content (AvgIpc) is 2.53. The largest absolute Gasteiger partial charge is 1.00 e. The van der Waals surface area contributed by atoms with E-state index in [4.69, 9.17) is 4.74 Å². The van der Waals surface area contributed by atoms with Gasteiger partial charge in [0.2, 0.25) is 0 Å². The van der Waals surface area contributed by atoms with Gasteiger partial charge >= 0.3 is 18.9 Å². The van der Waals surface area contributed by atoms with Crippen LogP contribution in [0.15, 0.2) is 42.5 Å². The summed E-state index contributed by atoms with van der Waals surface area (Å²) < 4.78 is 5.71. The molecule has 0 saturated heterocycles. The number of hydrogen-bond acceptors (Lipinski definition) is 2. The molecule has 0 bridgehead atoms. The van der Waals surface area contributed by atoms with Crippen LogP contribution < -0.4 is 28.9 Å². The molecule has 0 heterocycles.